The van der Waals surface area contributed by atoms with Crippen LogP contribution in [0, 0.1) is 11.2 Å². The maximum Gasteiger partial charge on any atom is 0.273 e. The van der Waals surface area contributed by atoms with Gasteiger partial charge < -0.3 is 21.3 Å². The van der Waals surface area contributed by atoms with Crippen LogP contribution >= 0.6 is 0 Å². The van der Waals surface area contributed by atoms with Crippen LogP contribution in [0.4, 0.5) is 27.5 Å². The van der Waals surface area contributed by atoms with Gasteiger partial charge in [-0.3, -0.25) is 4.79 Å². The van der Waals surface area contributed by atoms with E-state index in [-0.39, 0.29) is 23.5 Å². The van der Waals surface area contributed by atoms with Crippen LogP contribution in [0.15, 0.2) is 18.2 Å². The number of aromatic nitrogens is 3. The van der Waals surface area contributed by atoms with E-state index in [4.69, 9.17) is 5.73 Å². The van der Waals surface area contributed by atoms with Crippen LogP contribution in [-0.2, 0) is 0 Å². The Morgan fingerprint density at radius 2 is 1.93 bits per heavy atom. The molecular formula is C21H26FN7O. The summed E-state index contributed by atoms with van der Waals surface area (Å²) in [5.41, 5.74) is 7.04. The smallest absolute Gasteiger partial charge is 0.273 e. The van der Waals surface area contributed by atoms with Crippen LogP contribution in [-0.4, -0.2) is 40.2 Å². The largest absolute Gasteiger partial charge is 0.369 e. The molecule has 2 aromatic rings. The van der Waals surface area contributed by atoms with Crippen LogP contribution < -0.4 is 21.3 Å². The van der Waals surface area contributed by atoms with E-state index >= 15 is 0 Å². The second kappa shape index (κ2) is 7.37. The van der Waals surface area contributed by atoms with Gasteiger partial charge in [-0.05, 0) is 62.1 Å². The highest BCUT2D eigenvalue weighted by molar-refractivity contribution is 5.95. The maximum atomic E-state index is 14.8. The van der Waals surface area contributed by atoms with Gasteiger partial charge >= 0.3 is 0 Å². The number of primary amides is 1. The zero-order valence-electron chi connectivity index (χ0n) is 16.8. The van der Waals surface area contributed by atoms with Gasteiger partial charge in [0.05, 0.1) is 5.69 Å². The van der Waals surface area contributed by atoms with Gasteiger partial charge in [-0.15, -0.1) is 10.2 Å². The molecule has 0 atom stereocenters. The van der Waals surface area contributed by atoms with Gasteiger partial charge in [0.25, 0.3) is 5.91 Å². The monoisotopic (exact) mass is 411 g/mol. The van der Waals surface area contributed by atoms with E-state index in [0.717, 1.165) is 38.8 Å². The second-order valence-electron chi connectivity index (χ2n) is 8.75. The summed E-state index contributed by atoms with van der Waals surface area (Å²) in [6, 6.07) is 5.33. The molecule has 1 spiro atoms. The number of anilines is 4. The van der Waals surface area contributed by atoms with Gasteiger partial charge in [-0.25, -0.2) is 4.39 Å². The van der Waals surface area contributed by atoms with Gasteiger partial charge in [0.2, 0.25) is 5.95 Å². The molecular weight excluding hydrogens is 385 g/mol. The highest BCUT2D eigenvalue weighted by Crippen LogP contribution is 2.49. The number of nitrogens with one attached hydrogen (secondary N) is 2. The molecule has 4 N–H and O–H groups in total. The first-order valence-electron chi connectivity index (χ1n) is 10.6. The molecule has 1 aliphatic heterocycles. The van der Waals surface area contributed by atoms with E-state index < -0.39 is 5.91 Å². The predicted octanol–water partition coefficient (Wildman–Crippen LogP) is 3.20. The lowest BCUT2D eigenvalue weighted by atomic mass is 9.63. The van der Waals surface area contributed by atoms with Crippen LogP contribution in [0.2, 0.25) is 0 Å². The molecule has 0 radical (unpaired) electrons. The van der Waals surface area contributed by atoms with Crippen molar-refractivity contribution < 1.29 is 9.18 Å². The molecule has 1 aromatic carbocycles. The molecule has 0 bridgehead atoms. The molecule has 1 saturated heterocycles. The lowest BCUT2D eigenvalue weighted by Gasteiger charge is -2.48. The van der Waals surface area contributed by atoms with E-state index in [1.54, 1.807) is 6.07 Å². The number of nitrogens with zero attached hydrogens (tertiary/aromatic N) is 4. The summed E-state index contributed by atoms with van der Waals surface area (Å²) < 4.78 is 14.8. The molecule has 2 heterocycles. The molecule has 5 rings (SSSR count). The van der Waals surface area contributed by atoms with Crippen molar-refractivity contribution >= 4 is 29.0 Å². The number of hydrogen-bond acceptors (Lipinski definition) is 7. The summed E-state index contributed by atoms with van der Waals surface area (Å²) in [7, 11) is 0. The molecule has 158 valence electrons. The Hall–Kier alpha value is -2.97. The van der Waals surface area contributed by atoms with Crippen molar-refractivity contribution in [2.45, 2.75) is 51.0 Å². The first-order valence-corrected chi connectivity index (χ1v) is 10.6. The summed E-state index contributed by atoms with van der Waals surface area (Å²) in [5.74, 6) is -0.481. The summed E-state index contributed by atoms with van der Waals surface area (Å²) in [5, 5.41) is 13.9. The Morgan fingerprint density at radius 3 is 2.53 bits per heavy atom. The van der Waals surface area contributed by atoms with Crippen molar-refractivity contribution in [3.05, 3.63) is 29.7 Å². The molecule has 2 aliphatic carbocycles. The second-order valence-corrected chi connectivity index (χ2v) is 8.75. The molecule has 2 saturated carbocycles. The molecule has 1 aromatic heterocycles. The zero-order valence-corrected chi connectivity index (χ0v) is 16.8. The number of carbonyl (C=O) groups is 1. The van der Waals surface area contributed by atoms with E-state index in [9.17, 15) is 9.18 Å². The Morgan fingerprint density at radius 1 is 1.17 bits per heavy atom. The quantitative estimate of drug-likeness (QED) is 0.670. The van der Waals surface area contributed by atoms with Crippen molar-refractivity contribution in [3.8, 4) is 0 Å². The maximum absolute atomic E-state index is 14.8. The fraction of sp³-hybridized carbons (Fsp3) is 0.524. The average Bonchev–Trinajstić information content (AvgIpc) is 3.51. The van der Waals surface area contributed by atoms with E-state index in [2.05, 4.69) is 30.7 Å². The fourth-order valence-corrected chi connectivity index (χ4v) is 4.44. The number of nitrogens with two attached hydrogens (primary N) is 1. The van der Waals surface area contributed by atoms with Crippen LogP contribution in [0.3, 0.4) is 0 Å². The zero-order chi connectivity index (χ0) is 20.7. The van der Waals surface area contributed by atoms with Crippen molar-refractivity contribution in [1.82, 2.24) is 15.2 Å². The van der Waals surface area contributed by atoms with Crippen molar-refractivity contribution in [2.24, 2.45) is 11.1 Å². The number of halogens is 1. The summed E-state index contributed by atoms with van der Waals surface area (Å²) >= 11 is 0. The highest BCUT2D eigenvalue weighted by Gasteiger charge is 2.39. The minimum Gasteiger partial charge on any atom is -0.369 e. The molecule has 8 nitrogen and oxygen atoms in total. The van der Waals surface area contributed by atoms with Crippen LogP contribution in [0.1, 0.15) is 55.4 Å². The molecule has 0 unspecified atom stereocenters. The Balaban J connectivity index is 1.29. The van der Waals surface area contributed by atoms with Gasteiger partial charge in [0.1, 0.15) is 5.82 Å². The van der Waals surface area contributed by atoms with Gasteiger partial charge in [-0.1, -0.05) is 6.42 Å². The summed E-state index contributed by atoms with van der Waals surface area (Å²) in [6.07, 6.45) is 8.30. The highest BCUT2D eigenvalue weighted by atomic mass is 19.1. The minimum atomic E-state index is -0.690. The third-order valence-electron chi connectivity index (χ3n) is 6.62. The average molecular weight is 411 g/mol. The first kappa shape index (κ1) is 19.0. The van der Waals surface area contributed by atoms with Crippen LogP contribution in [0.25, 0.3) is 0 Å². The normalized spacial score (nSPS) is 20.0. The SMILES string of the molecule is NC(=O)c1nnc(Nc2ccc(N3CCC4(CCC4)CC3)c(F)c2)nc1NC1CC1. The van der Waals surface area contributed by atoms with Gasteiger partial charge in [0.15, 0.2) is 11.5 Å². The van der Waals surface area contributed by atoms with Crippen LogP contribution in [0.5, 0.6) is 0 Å². The fourth-order valence-electron chi connectivity index (χ4n) is 4.44. The number of piperidine rings is 1. The van der Waals surface area contributed by atoms with Crippen molar-refractivity contribution in [2.75, 3.05) is 28.6 Å². The molecule has 30 heavy (non-hydrogen) atoms. The number of hydrogen-bond donors (Lipinski definition) is 3. The Kier molecular flexibility index (Phi) is 4.67. The number of rotatable bonds is 6. The summed E-state index contributed by atoms with van der Waals surface area (Å²) in [6.45, 7) is 1.81. The molecule has 9 heteroatoms. The lowest BCUT2D eigenvalue weighted by molar-refractivity contribution is 0.0953. The Labute approximate surface area is 174 Å². The standard InChI is InChI=1S/C21H26FN7O/c22-15-12-14(4-5-16(15)29-10-8-21(9-11-29)6-1-7-21)25-20-26-19(24-13-2-3-13)17(18(23)30)27-28-20/h4-5,12-13H,1-3,6-11H2,(H2,23,30)(H2,24,25,26,28). The minimum absolute atomic E-state index is 0.00307. The predicted molar refractivity (Wildman–Crippen MR) is 112 cm³/mol. The Bertz CT molecular complexity index is 964. The van der Waals surface area contributed by atoms with Gasteiger partial charge in [-0.2, -0.15) is 4.98 Å². The topological polar surface area (TPSA) is 109 Å². The molecule has 1 amide bonds. The number of benzene rings is 1. The lowest BCUT2D eigenvalue weighted by Crippen LogP contribution is -2.43. The molecule has 3 fully saturated rings. The first-order chi connectivity index (χ1) is 14.5. The van der Waals surface area contributed by atoms with Crippen molar-refractivity contribution in [1.29, 1.82) is 0 Å². The van der Waals surface area contributed by atoms with E-state index in [1.165, 1.54) is 25.3 Å². The van der Waals surface area contributed by atoms with Crippen molar-refractivity contribution in [3.63, 3.8) is 0 Å². The van der Waals surface area contributed by atoms with E-state index in [0.29, 0.717) is 22.6 Å². The summed E-state index contributed by atoms with van der Waals surface area (Å²) in [4.78, 5) is 18.0. The number of amides is 1. The van der Waals surface area contributed by atoms with E-state index in [1.807, 2.05) is 6.07 Å². The van der Waals surface area contributed by atoms with Gasteiger partial charge in [0, 0.05) is 24.8 Å². The third-order valence-corrected chi connectivity index (χ3v) is 6.62. The third kappa shape index (κ3) is 3.76. The number of carbonyl (C=O) groups excluding carboxylic acids is 1. The molecule has 3 aliphatic rings.